The molecular weight excluding hydrogens is 337 g/mol. The molecule has 5 nitrogen and oxygen atoms in total. The molecule has 0 heterocycles. The monoisotopic (exact) mass is 357 g/mol. The summed E-state index contributed by atoms with van der Waals surface area (Å²) in [4.78, 5) is 0.880. The number of methoxy groups -OCH3 is 4. The van der Waals surface area contributed by atoms with Crippen molar-refractivity contribution in [3.05, 3.63) is 36.1 Å². The van der Waals surface area contributed by atoms with Crippen LogP contribution in [0, 0.1) is 5.82 Å². The third-order valence-electron chi connectivity index (χ3n) is 3.68. The van der Waals surface area contributed by atoms with Crippen LogP contribution in [0.3, 0.4) is 0 Å². The third-order valence-corrected chi connectivity index (χ3v) is 3.68. The Morgan fingerprint density at radius 2 is 1.29 bits per heavy atom. The Balaban J connectivity index is 0.00000288. The maximum absolute atomic E-state index is 13.9. The average Bonchev–Trinajstić information content (AvgIpc) is 2.59. The molecule has 1 atom stereocenters. The van der Waals surface area contributed by atoms with Gasteiger partial charge < -0.3 is 31.4 Å². The summed E-state index contributed by atoms with van der Waals surface area (Å²) in [6.07, 6.45) is 0. The zero-order valence-electron chi connectivity index (χ0n) is 14.3. The Labute approximate surface area is 147 Å². The molecule has 2 aromatic carbocycles. The van der Waals surface area contributed by atoms with Crippen molar-refractivity contribution in [1.29, 1.82) is 0 Å². The van der Waals surface area contributed by atoms with Gasteiger partial charge >= 0.3 is 0 Å². The number of hydrogen-bond donors (Lipinski definition) is 1. The van der Waals surface area contributed by atoms with E-state index in [1.54, 1.807) is 33.5 Å². The number of halogens is 2. The first-order valence-corrected chi connectivity index (χ1v) is 7.03. The van der Waals surface area contributed by atoms with Crippen molar-refractivity contribution in [1.82, 2.24) is 0 Å². The van der Waals surface area contributed by atoms with Gasteiger partial charge in [-0.05, 0) is 6.07 Å². The number of hydrogen-bond acceptors (Lipinski definition) is 4. The lowest BCUT2D eigenvalue weighted by Crippen LogP contribution is -3.00. The average molecular weight is 358 g/mol. The molecule has 0 fully saturated rings. The fourth-order valence-electron chi connectivity index (χ4n) is 2.36. The Morgan fingerprint density at radius 3 is 1.71 bits per heavy atom. The number of rotatable bonds is 6. The lowest BCUT2D eigenvalue weighted by atomic mass is 10.2. The van der Waals surface area contributed by atoms with Crippen LogP contribution in [0.2, 0.25) is 0 Å². The molecule has 0 radical (unpaired) electrons. The molecule has 2 aromatic rings. The van der Waals surface area contributed by atoms with E-state index in [1.165, 1.54) is 13.2 Å². The van der Waals surface area contributed by atoms with E-state index in [1.807, 2.05) is 19.2 Å². The van der Waals surface area contributed by atoms with Crippen LogP contribution < -0.4 is 36.3 Å². The minimum Gasteiger partial charge on any atom is -1.00 e. The number of nitrogens with one attached hydrogen (secondary N) is 1. The minimum atomic E-state index is -0.406. The van der Waals surface area contributed by atoms with Gasteiger partial charge in [0.05, 0.1) is 35.5 Å². The highest BCUT2D eigenvalue weighted by atomic mass is 35.5. The Kier molecular flexibility index (Phi) is 7.13. The Morgan fingerprint density at radius 1 is 0.750 bits per heavy atom. The summed E-state index contributed by atoms with van der Waals surface area (Å²) in [6.45, 7) is 0. The summed E-state index contributed by atoms with van der Waals surface area (Å²) in [5, 5.41) is 0. The van der Waals surface area contributed by atoms with Crippen LogP contribution in [0.25, 0.3) is 0 Å². The van der Waals surface area contributed by atoms with Gasteiger partial charge in [0.15, 0.2) is 23.1 Å². The van der Waals surface area contributed by atoms with Gasteiger partial charge in [-0.15, -0.1) is 0 Å². The van der Waals surface area contributed by atoms with Gasteiger partial charge in [-0.3, -0.25) is 4.90 Å². The molecule has 0 aromatic heterocycles. The van der Waals surface area contributed by atoms with E-state index in [9.17, 15) is 4.39 Å². The standard InChI is InChI=1S/C17H20FNO4.ClH/c1-19(11-6-7-14(20-2)13(18)8-11)12-9-15(21-3)17(23-5)16(10-12)22-4;/h6-10H,1-5H3;1H. The first-order chi connectivity index (χ1) is 11.0. The fourth-order valence-corrected chi connectivity index (χ4v) is 2.36. The summed E-state index contributed by atoms with van der Waals surface area (Å²) in [5.74, 6) is 1.43. The lowest BCUT2D eigenvalue weighted by Gasteiger charge is -2.18. The van der Waals surface area contributed by atoms with E-state index in [4.69, 9.17) is 18.9 Å². The lowest BCUT2D eigenvalue weighted by molar-refractivity contribution is -0.735. The van der Waals surface area contributed by atoms with Gasteiger partial charge in [0.2, 0.25) is 5.75 Å². The van der Waals surface area contributed by atoms with Gasteiger partial charge in [0.25, 0.3) is 0 Å². The van der Waals surface area contributed by atoms with Crippen LogP contribution in [0.5, 0.6) is 23.0 Å². The molecule has 0 aliphatic rings. The molecule has 0 saturated heterocycles. The molecule has 0 amide bonds. The Hall–Kier alpha value is -2.18. The van der Waals surface area contributed by atoms with Gasteiger partial charge in [0.1, 0.15) is 11.4 Å². The summed E-state index contributed by atoms with van der Waals surface area (Å²) in [5.41, 5.74) is 1.60. The van der Waals surface area contributed by atoms with E-state index in [2.05, 4.69) is 0 Å². The predicted octanol–water partition coefficient (Wildman–Crippen LogP) is -0.658. The van der Waals surface area contributed by atoms with E-state index in [0.29, 0.717) is 17.2 Å². The van der Waals surface area contributed by atoms with Crippen LogP contribution >= 0.6 is 0 Å². The van der Waals surface area contributed by atoms with Crippen LogP contribution in [-0.4, -0.2) is 35.5 Å². The smallest absolute Gasteiger partial charge is 0.203 e. The maximum atomic E-state index is 13.9. The highest BCUT2D eigenvalue weighted by Crippen LogP contribution is 2.39. The molecule has 24 heavy (non-hydrogen) atoms. The number of benzene rings is 2. The van der Waals surface area contributed by atoms with Crippen molar-refractivity contribution < 1.29 is 40.6 Å². The predicted molar refractivity (Wildman–Crippen MR) is 85.3 cm³/mol. The van der Waals surface area contributed by atoms with Crippen molar-refractivity contribution >= 4 is 11.4 Å². The largest absolute Gasteiger partial charge is 1.00 e. The second kappa shape index (κ2) is 8.61. The van der Waals surface area contributed by atoms with Crippen LogP contribution in [0.4, 0.5) is 15.8 Å². The molecular formula is C17H21ClFNO4. The second-order valence-corrected chi connectivity index (χ2v) is 4.89. The fraction of sp³-hybridized carbons (Fsp3) is 0.294. The molecule has 1 N–H and O–H groups in total. The van der Waals surface area contributed by atoms with E-state index in [0.717, 1.165) is 16.3 Å². The summed E-state index contributed by atoms with van der Waals surface area (Å²) < 4.78 is 34.9. The zero-order valence-corrected chi connectivity index (χ0v) is 15.0. The molecule has 7 heteroatoms. The molecule has 0 saturated carbocycles. The highest BCUT2D eigenvalue weighted by molar-refractivity contribution is 5.59. The van der Waals surface area contributed by atoms with E-state index >= 15 is 0 Å². The second-order valence-electron chi connectivity index (χ2n) is 4.89. The maximum Gasteiger partial charge on any atom is 0.203 e. The first kappa shape index (κ1) is 19.9. The summed E-state index contributed by atoms with van der Waals surface area (Å²) >= 11 is 0. The molecule has 0 aliphatic carbocycles. The van der Waals surface area contributed by atoms with Gasteiger partial charge in [-0.25, -0.2) is 4.39 Å². The SMILES string of the molecule is COc1ccc([NH+](C)c2cc(OC)c(OC)c(OC)c2)cc1F.[Cl-]. The van der Waals surface area contributed by atoms with Crippen molar-refractivity contribution in [3.63, 3.8) is 0 Å². The van der Waals surface area contributed by atoms with Crippen LogP contribution in [0.15, 0.2) is 30.3 Å². The van der Waals surface area contributed by atoms with Gasteiger partial charge in [0, 0.05) is 24.3 Å². The number of ether oxygens (including phenoxy) is 4. The van der Waals surface area contributed by atoms with Crippen molar-refractivity contribution in [2.45, 2.75) is 0 Å². The Bertz CT molecular complexity index is 671. The molecule has 0 aliphatic heterocycles. The third kappa shape index (κ3) is 3.83. The molecule has 0 spiro atoms. The van der Waals surface area contributed by atoms with Crippen molar-refractivity contribution in [2.75, 3.05) is 35.5 Å². The molecule has 2 rings (SSSR count). The van der Waals surface area contributed by atoms with Crippen molar-refractivity contribution in [2.24, 2.45) is 0 Å². The number of quaternary nitrogens is 1. The topological polar surface area (TPSA) is 41.4 Å². The molecule has 1 unspecified atom stereocenters. The van der Waals surface area contributed by atoms with E-state index in [-0.39, 0.29) is 18.2 Å². The summed E-state index contributed by atoms with van der Waals surface area (Å²) in [7, 11) is 8.01. The van der Waals surface area contributed by atoms with Crippen LogP contribution in [0.1, 0.15) is 0 Å². The molecule has 132 valence electrons. The quantitative estimate of drug-likeness (QED) is 0.745. The highest BCUT2D eigenvalue weighted by Gasteiger charge is 2.20. The van der Waals surface area contributed by atoms with Crippen molar-refractivity contribution in [3.8, 4) is 23.0 Å². The van der Waals surface area contributed by atoms with E-state index < -0.39 is 5.82 Å². The summed E-state index contributed by atoms with van der Waals surface area (Å²) in [6, 6.07) is 8.52. The zero-order chi connectivity index (χ0) is 17.0. The first-order valence-electron chi connectivity index (χ1n) is 7.03. The van der Waals surface area contributed by atoms with Gasteiger partial charge in [-0.1, -0.05) is 0 Å². The molecule has 0 bridgehead atoms. The minimum absolute atomic E-state index is 0. The van der Waals surface area contributed by atoms with Gasteiger partial charge in [-0.2, -0.15) is 0 Å². The van der Waals surface area contributed by atoms with Crippen LogP contribution in [-0.2, 0) is 0 Å². The normalized spacial score (nSPS) is 11.2.